The van der Waals surface area contributed by atoms with Crippen LogP contribution in [-0.2, 0) is 4.79 Å². The number of carbonyl (C=O) groups excluding carboxylic acids is 2. The van der Waals surface area contributed by atoms with E-state index in [9.17, 15) is 9.59 Å². The number of benzene rings is 1. The van der Waals surface area contributed by atoms with Gasteiger partial charge >= 0.3 is 11.6 Å². The monoisotopic (exact) mass is 230 g/mol. The maximum atomic E-state index is 12.1. The van der Waals surface area contributed by atoms with Gasteiger partial charge in [-0.2, -0.15) is 9.80 Å². The smallest absolute Gasteiger partial charge is 0.361 e. The van der Waals surface area contributed by atoms with Gasteiger partial charge in [-0.25, -0.2) is 5.01 Å². The van der Waals surface area contributed by atoms with Crippen LogP contribution in [0.15, 0.2) is 24.3 Å². The molecule has 1 aromatic rings. The van der Waals surface area contributed by atoms with Crippen LogP contribution < -0.4 is 0 Å². The van der Waals surface area contributed by atoms with Crippen LogP contribution >= 0.6 is 0 Å². The lowest BCUT2D eigenvalue weighted by atomic mass is 9.98. The topological polar surface area (TPSA) is 77.0 Å². The predicted molar refractivity (Wildman–Crippen MR) is 59.0 cm³/mol. The lowest BCUT2D eigenvalue weighted by Gasteiger charge is -2.28. The van der Waals surface area contributed by atoms with E-state index in [4.69, 9.17) is 5.53 Å². The van der Waals surface area contributed by atoms with Gasteiger partial charge in [0, 0.05) is 14.1 Å². The minimum Gasteiger partial charge on any atom is -0.361 e. The van der Waals surface area contributed by atoms with Crippen LogP contribution in [0.1, 0.15) is 15.9 Å². The fourth-order valence-corrected chi connectivity index (χ4v) is 1.76. The summed E-state index contributed by atoms with van der Waals surface area (Å²) in [4.78, 5) is 27.0. The Kier molecular flexibility index (Phi) is 2.59. The number of nitrogens with zero attached hydrogens (tertiary/aromatic N) is 4. The van der Waals surface area contributed by atoms with Gasteiger partial charge in [0.2, 0.25) is 0 Å². The van der Waals surface area contributed by atoms with Gasteiger partial charge in [0.15, 0.2) is 0 Å². The van der Waals surface area contributed by atoms with Crippen molar-refractivity contribution >= 4 is 17.5 Å². The molecule has 1 aliphatic rings. The Morgan fingerprint density at radius 1 is 1.12 bits per heavy atom. The minimum atomic E-state index is -0.638. The Hall–Kier alpha value is -2.30. The highest BCUT2D eigenvalue weighted by atomic mass is 16.2. The molecule has 0 bridgehead atoms. The van der Waals surface area contributed by atoms with Crippen molar-refractivity contribution in [2.24, 2.45) is 0 Å². The number of carbonyl (C=O) groups is 2. The van der Waals surface area contributed by atoms with E-state index in [0.717, 1.165) is 5.01 Å². The average Bonchev–Trinajstić information content (AvgIpc) is 2.29. The van der Waals surface area contributed by atoms with Gasteiger partial charge in [-0.3, -0.25) is 9.59 Å². The first kappa shape index (κ1) is 11.2. The highest BCUT2D eigenvalue weighted by Gasteiger charge is 2.42. The first-order valence-electron chi connectivity index (χ1n) is 4.95. The van der Waals surface area contributed by atoms with Crippen LogP contribution in [0.3, 0.4) is 0 Å². The van der Waals surface area contributed by atoms with Crippen LogP contribution in [0, 0.1) is 0 Å². The molecule has 1 aliphatic heterocycles. The molecule has 0 N–H and O–H groups in total. The fraction of sp³-hybridized carbons (Fsp3) is 0.182. The molecule has 17 heavy (non-hydrogen) atoms. The second-order valence-corrected chi connectivity index (χ2v) is 3.76. The van der Waals surface area contributed by atoms with Crippen molar-refractivity contribution < 1.29 is 14.4 Å². The highest BCUT2D eigenvalue weighted by Crippen LogP contribution is 2.19. The SMILES string of the molecule is CN(C)N1C(=O)C(=[N+]=[N-])c2ccccc2C1=O. The van der Waals surface area contributed by atoms with E-state index in [0.29, 0.717) is 11.1 Å². The second-order valence-electron chi connectivity index (χ2n) is 3.76. The van der Waals surface area contributed by atoms with Crippen LogP contribution in [0.4, 0.5) is 0 Å². The molecular weight excluding hydrogens is 220 g/mol. The van der Waals surface area contributed by atoms with Crippen molar-refractivity contribution in [2.75, 3.05) is 14.1 Å². The number of fused-ring (bicyclic) bond motifs is 1. The Morgan fingerprint density at radius 2 is 1.71 bits per heavy atom. The van der Waals surface area contributed by atoms with Gasteiger partial charge in [0.25, 0.3) is 5.91 Å². The number of hydrogen-bond donors (Lipinski definition) is 0. The number of amides is 2. The summed E-state index contributed by atoms with van der Waals surface area (Å²) in [6, 6.07) is 6.53. The van der Waals surface area contributed by atoms with E-state index >= 15 is 0 Å². The third-order valence-corrected chi connectivity index (χ3v) is 2.50. The molecular formula is C11H10N4O2. The summed E-state index contributed by atoms with van der Waals surface area (Å²) in [5, 5.41) is 2.28. The normalized spacial score (nSPS) is 15.0. The van der Waals surface area contributed by atoms with E-state index in [1.165, 1.54) is 5.01 Å². The summed E-state index contributed by atoms with van der Waals surface area (Å²) in [5.74, 6) is -1.07. The minimum absolute atomic E-state index is 0.131. The largest absolute Gasteiger partial charge is 0.389 e. The van der Waals surface area contributed by atoms with Crippen LogP contribution in [0.2, 0.25) is 0 Å². The van der Waals surface area contributed by atoms with E-state index in [1.807, 2.05) is 0 Å². The summed E-state index contributed by atoms with van der Waals surface area (Å²) in [7, 11) is 3.14. The maximum absolute atomic E-state index is 12.1. The molecule has 6 heteroatoms. The number of hydrogen-bond acceptors (Lipinski definition) is 3. The molecule has 0 aromatic heterocycles. The molecule has 0 fully saturated rings. The number of imide groups is 1. The molecule has 0 saturated carbocycles. The van der Waals surface area contributed by atoms with Crippen molar-refractivity contribution in [1.82, 2.24) is 10.0 Å². The van der Waals surface area contributed by atoms with E-state index in [2.05, 4.69) is 4.79 Å². The number of rotatable bonds is 1. The summed E-state index contributed by atoms with van der Waals surface area (Å²) < 4.78 is 0. The van der Waals surface area contributed by atoms with Gasteiger partial charge in [-0.15, -0.1) is 0 Å². The van der Waals surface area contributed by atoms with E-state index in [1.54, 1.807) is 38.4 Å². The summed E-state index contributed by atoms with van der Waals surface area (Å²) in [6.07, 6.45) is 0. The molecule has 2 rings (SSSR count). The summed E-state index contributed by atoms with van der Waals surface area (Å²) >= 11 is 0. The molecule has 6 nitrogen and oxygen atoms in total. The molecule has 0 saturated heterocycles. The van der Waals surface area contributed by atoms with Gasteiger partial charge in [-0.05, 0) is 12.1 Å². The third-order valence-electron chi connectivity index (χ3n) is 2.50. The van der Waals surface area contributed by atoms with Crippen LogP contribution in [-0.4, -0.2) is 46.4 Å². The average molecular weight is 230 g/mol. The van der Waals surface area contributed by atoms with Gasteiger partial charge in [0.05, 0.1) is 11.1 Å². The fourth-order valence-electron chi connectivity index (χ4n) is 1.76. The molecule has 0 aliphatic carbocycles. The molecule has 2 amide bonds. The molecule has 86 valence electrons. The molecule has 0 atom stereocenters. The van der Waals surface area contributed by atoms with Crippen molar-refractivity contribution in [3.8, 4) is 0 Å². The third kappa shape index (κ3) is 1.56. The first-order valence-corrected chi connectivity index (χ1v) is 4.95. The number of hydrazine groups is 1. The zero-order valence-electron chi connectivity index (χ0n) is 9.41. The van der Waals surface area contributed by atoms with Crippen LogP contribution in [0.5, 0.6) is 0 Å². The second kappa shape index (κ2) is 3.93. The van der Waals surface area contributed by atoms with E-state index in [-0.39, 0.29) is 5.71 Å². The quantitative estimate of drug-likeness (QED) is 0.392. The standard InChI is InChI=1S/C11H10N4O2/c1-14(2)15-10(16)8-6-4-3-5-7(8)9(13-12)11(15)17/h3-6H,1-2H3. The van der Waals surface area contributed by atoms with Crippen molar-refractivity contribution in [3.63, 3.8) is 0 Å². The lowest BCUT2D eigenvalue weighted by molar-refractivity contribution is -0.136. The van der Waals surface area contributed by atoms with Gasteiger partial charge in [-0.1, -0.05) is 12.1 Å². The van der Waals surface area contributed by atoms with Crippen molar-refractivity contribution in [3.05, 3.63) is 40.9 Å². The summed E-state index contributed by atoms with van der Waals surface area (Å²) in [6.45, 7) is 0. The van der Waals surface area contributed by atoms with Crippen molar-refractivity contribution in [1.29, 1.82) is 0 Å². The molecule has 0 spiro atoms. The Morgan fingerprint density at radius 3 is 2.24 bits per heavy atom. The Balaban J connectivity index is 2.70. The van der Waals surface area contributed by atoms with Crippen molar-refractivity contribution in [2.45, 2.75) is 0 Å². The zero-order valence-corrected chi connectivity index (χ0v) is 9.41. The highest BCUT2D eigenvalue weighted by molar-refractivity contribution is 6.49. The molecule has 0 radical (unpaired) electrons. The summed E-state index contributed by atoms with van der Waals surface area (Å²) in [5.41, 5.74) is 9.47. The zero-order chi connectivity index (χ0) is 12.6. The van der Waals surface area contributed by atoms with Crippen LogP contribution in [0.25, 0.3) is 5.53 Å². The molecule has 1 aromatic carbocycles. The maximum Gasteiger partial charge on any atom is 0.389 e. The lowest BCUT2D eigenvalue weighted by Crippen LogP contribution is -2.53. The Labute approximate surface area is 97.6 Å². The van der Waals surface area contributed by atoms with Gasteiger partial charge < -0.3 is 5.53 Å². The Bertz CT molecular complexity index is 558. The molecule has 1 heterocycles. The van der Waals surface area contributed by atoms with E-state index < -0.39 is 11.8 Å². The predicted octanol–water partition coefficient (Wildman–Crippen LogP) is 0.164. The first-order chi connectivity index (χ1) is 8.07. The molecule has 0 unspecified atom stereocenters. The van der Waals surface area contributed by atoms with Gasteiger partial charge in [0.1, 0.15) is 0 Å².